The Morgan fingerprint density at radius 1 is 1.15 bits per heavy atom. The Hall–Kier alpha value is -2.53. The third-order valence-electron chi connectivity index (χ3n) is 3.92. The zero-order chi connectivity index (χ0) is 19.3. The number of ether oxygens (including phenoxy) is 2. The number of hydrogen-bond donors (Lipinski definition) is 1. The molecule has 5 nitrogen and oxygen atoms in total. The van der Waals surface area contributed by atoms with Crippen LogP contribution < -0.4 is 10.1 Å². The van der Waals surface area contributed by atoms with Gasteiger partial charge in [0.05, 0.1) is 23.4 Å². The molecule has 0 aliphatic heterocycles. The number of rotatable bonds is 6. The lowest BCUT2D eigenvalue weighted by molar-refractivity contribution is -0.122. The highest BCUT2D eigenvalue weighted by Crippen LogP contribution is 2.25. The summed E-state index contributed by atoms with van der Waals surface area (Å²) in [6.07, 6.45) is -0.207. The van der Waals surface area contributed by atoms with E-state index in [2.05, 4.69) is 10.1 Å². The van der Waals surface area contributed by atoms with Crippen LogP contribution in [0.5, 0.6) is 5.75 Å². The van der Waals surface area contributed by atoms with E-state index in [0.29, 0.717) is 28.4 Å². The SMILES string of the molecule is CCC(Oc1cc(C)ccc1C)C(=O)Nc1cc(C(=O)OC)ccc1Cl. The number of anilines is 1. The fraction of sp³-hybridized carbons (Fsp3) is 0.300. The summed E-state index contributed by atoms with van der Waals surface area (Å²) >= 11 is 6.13. The van der Waals surface area contributed by atoms with E-state index in [1.165, 1.54) is 25.3 Å². The van der Waals surface area contributed by atoms with Crippen molar-refractivity contribution in [1.82, 2.24) is 0 Å². The largest absolute Gasteiger partial charge is 0.480 e. The van der Waals surface area contributed by atoms with Crippen LogP contribution in [0.25, 0.3) is 0 Å². The van der Waals surface area contributed by atoms with Gasteiger partial charge >= 0.3 is 5.97 Å². The molecule has 2 aromatic carbocycles. The molecule has 1 N–H and O–H groups in total. The number of carbonyl (C=O) groups is 2. The molecule has 2 rings (SSSR count). The van der Waals surface area contributed by atoms with E-state index in [4.69, 9.17) is 16.3 Å². The monoisotopic (exact) mass is 375 g/mol. The van der Waals surface area contributed by atoms with Gasteiger partial charge in [0.1, 0.15) is 5.75 Å². The molecule has 0 bridgehead atoms. The molecular formula is C20H22ClNO4. The molecule has 26 heavy (non-hydrogen) atoms. The highest BCUT2D eigenvalue weighted by molar-refractivity contribution is 6.33. The number of benzene rings is 2. The van der Waals surface area contributed by atoms with Crippen molar-refractivity contribution in [3.63, 3.8) is 0 Å². The smallest absolute Gasteiger partial charge is 0.337 e. The van der Waals surface area contributed by atoms with Gasteiger partial charge in [0.2, 0.25) is 0 Å². The second-order valence-corrected chi connectivity index (χ2v) is 6.37. The van der Waals surface area contributed by atoms with Gasteiger partial charge in [0.15, 0.2) is 6.10 Å². The molecule has 0 aliphatic carbocycles. The maximum atomic E-state index is 12.6. The maximum Gasteiger partial charge on any atom is 0.337 e. The summed E-state index contributed by atoms with van der Waals surface area (Å²) < 4.78 is 10.6. The molecule has 0 aliphatic rings. The van der Waals surface area contributed by atoms with Crippen LogP contribution >= 0.6 is 11.6 Å². The number of carbonyl (C=O) groups excluding carboxylic acids is 2. The third-order valence-corrected chi connectivity index (χ3v) is 4.25. The predicted octanol–water partition coefficient (Wildman–Crippen LogP) is 4.54. The first-order valence-corrected chi connectivity index (χ1v) is 8.66. The lowest BCUT2D eigenvalue weighted by atomic mass is 10.1. The van der Waals surface area contributed by atoms with Crippen molar-refractivity contribution >= 4 is 29.2 Å². The summed E-state index contributed by atoms with van der Waals surface area (Å²) in [5.74, 6) is -0.172. The quantitative estimate of drug-likeness (QED) is 0.753. The van der Waals surface area contributed by atoms with E-state index >= 15 is 0 Å². The van der Waals surface area contributed by atoms with E-state index in [1.807, 2.05) is 39.0 Å². The Morgan fingerprint density at radius 2 is 1.88 bits per heavy atom. The van der Waals surface area contributed by atoms with Gasteiger partial charge in [-0.3, -0.25) is 4.79 Å². The number of nitrogens with one attached hydrogen (secondary N) is 1. The van der Waals surface area contributed by atoms with Crippen molar-refractivity contribution in [3.05, 3.63) is 58.1 Å². The van der Waals surface area contributed by atoms with Crippen LogP contribution in [-0.4, -0.2) is 25.1 Å². The molecule has 0 spiro atoms. The average Bonchev–Trinajstić information content (AvgIpc) is 2.63. The van der Waals surface area contributed by atoms with Crippen molar-refractivity contribution in [2.75, 3.05) is 12.4 Å². The zero-order valence-electron chi connectivity index (χ0n) is 15.3. The van der Waals surface area contributed by atoms with E-state index in [0.717, 1.165) is 11.1 Å². The first-order chi connectivity index (χ1) is 12.3. The molecule has 0 saturated heterocycles. The first kappa shape index (κ1) is 19.8. The van der Waals surface area contributed by atoms with Crippen LogP contribution in [0.2, 0.25) is 5.02 Å². The van der Waals surface area contributed by atoms with Gasteiger partial charge < -0.3 is 14.8 Å². The van der Waals surface area contributed by atoms with Crippen LogP contribution in [-0.2, 0) is 9.53 Å². The Morgan fingerprint density at radius 3 is 2.54 bits per heavy atom. The van der Waals surface area contributed by atoms with Crippen LogP contribution in [0.3, 0.4) is 0 Å². The summed E-state index contributed by atoms with van der Waals surface area (Å²) in [5, 5.41) is 3.06. The average molecular weight is 376 g/mol. The Balaban J connectivity index is 2.19. The minimum atomic E-state index is -0.687. The number of hydrogen-bond acceptors (Lipinski definition) is 4. The molecule has 0 saturated carbocycles. The summed E-state index contributed by atoms with van der Waals surface area (Å²) in [7, 11) is 1.29. The van der Waals surface area contributed by atoms with Crippen LogP contribution in [0.4, 0.5) is 5.69 Å². The maximum absolute atomic E-state index is 12.6. The van der Waals surface area contributed by atoms with E-state index < -0.39 is 12.1 Å². The molecule has 1 amide bonds. The standard InChI is InChI=1S/C20H22ClNO4/c1-5-17(26-18-10-12(2)6-7-13(18)3)19(23)22-16-11-14(20(24)25-4)8-9-15(16)21/h6-11,17H,5H2,1-4H3,(H,22,23). The molecule has 2 aromatic rings. The van der Waals surface area contributed by atoms with E-state index in [-0.39, 0.29) is 5.91 Å². The summed E-state index contributed by atoms with van der Waals surface area (Å²) in [6.45, 7) is 5.75. The van der Waals surface area contributed by atoms with E-state index in [1.54, 1.807) is 0 Å². The molecule has 1 atom stereocenters. The fourth-order valence-corrected chi connectivity index (χ4v) is 2.55. The van der Waals surface area contributed by atoms with Crippen molar-refractivity contribution in [1.29, 1.82) is 0 Å². The number of aryl methyl sites for hydroxylation is 2. The van der Waals surface area contributed by atoms with Gasteiger partial charge in [0, 0.05) is 0 Å². The summed E-state index contributed by atoms with van der Waals surface area (Å²) in [5.41, 5.74) is 2.64. The van der Waals surface area contributed by atoms with Crippen LogP contribution in [0.15, 0.2) is 36.4 Å². The molecule has 0 aromatic heterocycles. The van der Waals surface area contributed by atoms with Gasteiger partial charge in [-0.25, -0.2) is 4.79 Å². The Bertz CT molecular complexity index is 819. The van der Waals surface area contributed by atoms with Crippen molar-refractivity contribution in [2.24, 2.45) is 0 Å². The van der Waals surface area contributed by atoms with Crippen molar-refractivity contribution < 1.29 is 19.1 Å². The highest BCUT2D eigenvalue weighted by atomic mass is 35.5. The predicted molar refractivity (Wildman–Crippen MR) is 102 cm³/mol. The van der Waals surface area contributed by atoms with E-state index in [9.17, 15) is 9.59 Å². The van der Waals surface area contributed by atoms with Gasteiger partial charge in [-0.05, 0) is 55.7 Å². The van der Waals surface area contributed by atoms with Crippen LogP contribution in [0, 0.1) is 13.8 Å². The fourth-order valence-electron chi connectivity index (χ4n) is 2.39. The highest BCUT2D eigenvalue weighted by Gasteiger charge is 2.21. The second kappa shape index (κ2) is 8.72. The van der Waals surface area contributed by atoms with Crippen molar-refractivity contribution in [3.8, 4) is 5.75 Å². The lowest BCUT2D eigenvalue weighted by Crippen LogP contribution is -2.32. The second-order valence-electron chi connectivity index (χ2n) is 5.96. The number of esters is 1. The molecule has 0 heterocycles. The summed E-state index contributed by atoms with van der Waals surface area (Å²) in [4.78, 5) is 24.3. The van der Waals surface area contributed by atoms with Gasteiger partial charge in [0.25, 0.3) is 5.91 Å². The topological polar surface area (TPSA) is 64.6 Å². The lowest BCUT2D eigenvalue weighted by Gasteiger charge is -2.19. The third kappa shape index (κ3) is 4.76. The normalized spacial score (nSPS) is 11.6. The molecule has 6 heteroatoms. The van der Waals surface area contributed by atoms with Gasteiger partial charge in [-0.2, -0.15) is 0 Å². The minimum Gasteiger partial charge on any atom is -0.480 e. The molecular weight excluding hydrogens is 354 g/mol. The minimum absolute atomic E-state index is 0.302. The zero-order valence-corrected chi connectivity index (χ0v) is 16.0. The van der Waals surface area contributed by atoms with Crippen LogP contribution in [0.1, 0.15) is 34.8 Å². The van der Waals surface area contributed by atoms with Gasteiger partial charge in [-0.1, -0.05) is 30.7 Å². The number of amides is 1. The van der Waals surface area contributed by atoms with Crippen molar-refractivity contribution in [2.45, 2.75) is 33.3 Å². The number of methoxy groups -OCH3 is 1. The number of halogens is 1. The Kier molecular flexibility index (Phi) is 6.64. The first-order valence-electron chi connectivity index (χ1n) is 8.28. The molecule has 0 radical (unpaired) electrons. The van der Waals surface area contributed by atoms with Gasteiger partial charge in [-0.15, -0.1) is 0 Å². The Labute approximate surface area is 158 Å². The molecule has 0 fully saturated rings. The molecule has 1 unspecified atom stereocenters. The summed E-state index contributed by atoms with van der Waals surface area (Å²) in [6, 6.07) is 10.4. The molecule has 138 valence electrons.